The fraction of sp³-hybridized carbons (Fsp3) is 0.0588. The quantitative estimate of drug-likeness (QED) is 0.524. The number of nitrogens with one attached hydrogen (secondary N) is 1. The van der Waals surface area contributed by atoms with Gasteiger partial charge < -0.3 is 15.5 Å². The third kappa shape index (κ3) is 3.35. The number of benzene rings is 1. The third-order valence-electron chi connectivity index (χ3n) is 3.77. The Morgan fingerprint density at radius 1 is 1.19 bits per heavy atom. The minimum atomic E-state index is -0.436. The molecule has 3 N–H and O–H groups in total. The molecule has 0 saturated carbocycles. The van der Waals surface area contributed by atoms with Crippen LogP contribution in [0, 0.1) is 0 Å². The second-order valence-corrected chi connectivity index (χ2v) is 5.69. The molecule has 4 aromatic rings. The van der Waals surface area contributed by atoms with Crippen molar-refractivity contribution >= 4 is 17.3 Å². The molecule has 3 aromatic heterocycles. The van der Waals surface area contributed by atoms with Crippen molar-refractivity contribution in [3.8, 4) is 22.7 Å². The van der Waals surface area contributed by atoms with E-state index in [0.717, 1.165) is 5.56 Å². The summed E-state index contributed by atoms with van der Waals surface area (Å²) >= 11 is 0. The highest BCUT2D eigenvalue weighted by atomic mass is 16.3. The Morgan fingerprint density at radius 2 is 2.07 bits per heavy atom. The zero-order chi connectivity index (χ0) is 18.8. The molecule has 0 bridgehead atoms. The highest BCUT2D eigenvalue weighted by Crippen LogP contribution is 2.27. The van der Waals surface area contributed by atoms with Crippen molar-refractivity contribution in [3.05, 3.63) is 55.1 Å². The highest BCUT2D eigenvalue weighted by Gasteiger charge is 2.13. The first-order valence-electron chi connectivity index (χ1n) is 7.88. The lowest BCUT2D eigenvalue weighted by atomic mass is 10.1. The normalized spacial score (nSPS) is 10.7. The molecular weight excluding hydrogens is 348 g/mol. The zero-order valence-electron chi connectivity index (χ0n) is 14.2. The number of rotatable bonds is 4. The van der Waals surface area contributed by atoms with E-state index in [4.69, 9.17) is 10.2 Å². The average molecular weight is 362 g/mol. The fourth-order valence-electron chi connectivity index (χ4n) is 2.40. The van der Waals surface area contributed by atoms with Crippen LogP contribution in [0.3, 0.4) is 0 Å². The van der Waals surface area contributed by atoms with E-state index >= 15 is 0 Å². The van der Waals surface area contributed by atoms with E-state index in [1.54, 1.807) is 42.3 Å². The van der Waals surface area contributed by atoms with Crippen LogP contribution in [0.15, 0.2) is 53.8 Å². The molecule has 1 amide bonds. The van der Waals surface area contributed by atoms with Crippen LogP contribution in [0.25, 0.3) is 22.7 Å². The van der Waals surface area contributed by atoms with Crippen LogP contribution in [-0.2, 0) is 7.05 Å². The van der Waals surface area contributed by atoms with Gasteiger partial charge in [-0.25, -0.2) is 9.97 Å². The Kier molecular flexibility index (Phi) is 4.05. The summed E-state index contributed by atoms with van der Waals surface area (Å²) in [6.07, 6.45) is 7.45. The van der Waals surface area contributed by atoms with Crippen LogP contribution < -0.4 is 11.1 Å². The van der Waals surface area contributed by atoms with Crippen molar-refractivity contribution < 1.29 is 9.21 Å². The number of anilines is 2. The van der Waals surface area contributed by atoms with E-state index < -0.39 is 5.91 Å². The number of amides is 1. The van der Waals surface area contributed by atoms with Gasteiger partial charge in [0.2, 0.25) is 0 Å². The van der Waals surface area contributed by atoms with Gasteiger partial charge in [-0.2, -0.15) is 0 Å². The van der Waals surface area contributed by atoms with Gasteiger partial charge in [-0.05, 0) is 18.2 Å². The molecule has 0 spiro atoms. The molecule has 0 aliphatic heterocycles. The summed E-state index contributed by atoms with van der Waals surface area (Å²) < 4.78 is 6.82. The molecule has 0 aliphatic carbocycles. The molecule has 0 saturated heterocycles. The average Bonchev–Trinajstić information content (AvgIpc) is 3.35. The number of carbonyl (C=O) groups is 1. The molecule has 27 heavy (non-hydrogen) atoms. The van der Waals surface area contributed by atoms with Gasteiger partial charge in [-0.15, -0.1) is 5.10 Å². The molecule has 0 fully saturated rings. The number of carbonyl (C=O) groups excluding carboxylic acids is 1. The summed E-state index contributed by atoms with van der Waals surface area (Å²) in [5.74, 6) is 0.133. The van der Waals surface area contributed by atoms with Crippen molar-refractivity contribution in [2.75, 3.05) is 11.1 Å². The zero-order valence-corrected chi connectivity index (χ0v) is 14.2. The topological polar surface area (TPSA) is 138 Å². The Labute approximate surface area is 153 Å². The first-order chi connectivity index (χ1) is 13.1. The molecule has 0 unspecified atom stereocenters. The van der Waals surface area contributed by atoms with E-state index in [1.807, 2.05) is 0 Å². The minimum Gasteiger partial charge on any atom is -0.444 e. The molecular formula is C17H14N8O2. The van der Waals surface area contributed by atoms with Crippen molar-refractivity contribution in [1.82, 2.24) is 29.9 Å². The number of nitrogens with zero attached hydrogens (tertiary/aromatic N) is 6. The summed E-state index contributed by atoms with van der Waals surface area (Å²) in [5, 5.41) is 10.5. The molecule has 0 radical (unpaired) electrons. The van der Waals surface area contributed by atoms with Crippen molar-refractivity contribution in [2.45, 2.75) is 0 Å². The predicted molar refractivity (Wildman–Crippen MR) is 96.3 cm³/mol. The predicted octanol–water partition coefficient (Wildman–Crippen LogP) is 1.76. The van der Waals surface area contributed by atoms with Gasteiger partial charge in [0, 0.05) is 12.6 Å². The summed E-state index contributed by atoms with van der Waals surface area (Å²) in [6, 6.07) is 5.16. The summed E-state index contributed by atoms with van der Waals surface area (Å²) in [7, 11) is 1.75. The number of nitrogen functional groups attached to an aromatic ring is 1. The Hall–Kier alpha value is -4.08. The van der Waals surface area contributed by atoms with Gasteiger partial charge in [0.1, 0.15) is 17.1 Å². The minimum absolute atomic E-state index is 0.145. The first-order valence-corrected chi connectivity index (χ1v) is 7.88. The van der Waals surface area contributed by atoms with Crippen molar-refractivity contribution in [3.63, 3.8) is 0 Å². The first kappa shape index (κ1) is 16.4. The second-order valence-electron chi connectivity index (χ2n) is 5.69. The number of hydrogen-bond donors (Lipinski definition) is 2. The molecule has 1 aromatic carbocycles. The fourth-order valence-corrected chi connectivity index (χ4v) is 2.40. The standard InChI is InChI=1S/C17H14N8O2/c1-25-8-15(23-24-25)13-5-21-14(6-20-13)17(26)22-12-4-10(2-3-11(12)18)16-7-19-9-27-16/h2-9H,18H2,1H3,(H,22,26). The lowest BCUT2D eigenvalue weighted by molar-refractivity contribution is 0.102. The van der Waals surface area contributed by atoms with Gasteiger partial charge in [0.05, 0.1) is 36.2 Å². The van der Waals surface area contributed by atoms with Crippen LogP contribution in [0.2, 0.25) is 0 Å². The van der Waals surface area contributed by atoms with Gasteiger partial charge in [0.25, 0.3) is 5.91 Å². The molecule has 10 nitrogen and oxygen atoms in total. The van der Waals surface area contributed by atoms with Gasteiger partial charge in [-0.3, -0.25) is 14.5 Å². The molecule has 134 valence electrons. The lowest BCUT2D eigenvalue weighted by Crippen LogP contribution is -2.15. The number of oxazole rings is 1. The smallest absolute Gasteiger partial charge is 0.275 e. The molecule has 10 heteroatoms. The van der Waals surface area contributed by atoms with E-state index in [0.29, 0.717) is 28.5 Å². The van der Waals surface area contributed by atoms with Crippen LogP contribution in [0.4, 0.5) is 11.4 Å². The van der Waals surface area contributed by atoms with Crippen molar-refractivity contribution in [2.24, 2.45) is 7.05 Å². The Bertz CT molecular complexity index is 1090. The molecule has 0 aliphatic rings. The van der Waals surface area contributed by atoms with Crippen LogP contribution >= 0.6 is 0 Å². The molecule has 3 heterocycles. The number of nitrogens with two attached hydrogens (primary N) is 1. The molecule has 0 atom stereocenters. The van der Waals surface area contributed by atoms with Gasteiger partial charge >= 0.3 is 0 Å². The highest BCUT2D eigenvalue weighted by molar-refractivity contribution is 6.04. The van der Waals surface area contributed by atoms with Gasteiger partial charge in [-0.1, -0.05) is 5.21 Å². The van der Waals surface area contributed by atoms with Crippen LogP contribution in [0.1, 0.15) is 10.5 Å². The van der Waals surface area contributed by atoms with E-state index in [1.165, 1.54) is 18.8 Å². The summed E-state index contributed by atoms with van der Waals surface area (Å²) in [5.41, 5.74) is 8.78. The Balaban J connectivity index is 1.54. The number of aromatic nitrogens is 6. The van der Waals surface area contributed by atoms with E-state index in [9.17, 15) is 4.79 Å². The summed E-state index contributed by atoms with van der Waals surface area (Å²) in [4.78, 5) is 24.7. The Morgan fingerprint density at radius 3 is 2.74 bits per heavy atom. The lowest BCUT2D eigenvalue weighted by Gasteiger charge is -2.09. The number of aryl methyl sites for hydroxylation is 1. The number of hydrogen-bond acceptors (Lipinski definition) is 8. The van der Waals surface area contributed by atoms with E-state index in [-0.39, 0.29) is 5.69 Å². The summed E-state index contributed by atoms with van der Waals surface area (Å²) in [6.45, 7) is 0. The van der Waals surface area contributed by atoms with Crippen LogP contribution in [-0.4, -0.2) is 35.9 Å². The van der Waals surface area contributed by atoms with Crippen LogP contribution in [0.5, 0.6) is 0 Å². The molecule has 4 rings (SSSR count). The maximum absolute atomic E-state index is 12.5. The largest absolute Gasteiger partial charge is 0.444 e. The second kappa shape index (κ2) is 6.67. The maximum atomic E-state index is 12.5. The van der Waals surface area contributed by atoms with Crippen molar-refractivity contribution in [1.29, 1.82) is 0 Å². The maximum Gasteiger partial charge on any atom is 0.275 e. The monoisotopic (exact) mass is 362 g/mol. The SMILES string of the molecule is Cn1cc(-c2cnc(C(=O)Nc3cc(-c4cnco4)ccc3N)cn2)nn1. The third-order valence-corrected chi connectivity index (χ3v) is 3.77. The van der Waals surface area contributed by atoms with E-state index in [2.05, 4.69) is 30.6 Å². The van der Waals surface area contributed by atoms with Gasteiger partial charge in [0.15, 0.2) is 12.2 Å².